The Morgan fingerprint density at radius 3 is 3.00 bits per heavy atom. The number of hydrogen-bond acceptors (Lipinski definition) is 4. The Bertz CT molecular complexity index is 675. The lowest BCUT2D eigenvalue weighted by atomic mass is 10.2. The number of rotatable bonds is 5. The van der Waals surface area contributed by atoms with Gasteiger partial charge in [-0.2, -0.15) is 0 Å². The molecule has 2 aromatic heterocycles. The summed E-state index contributed by atoms with van der Waals surface area (Å²) in [5.41, 5.74) is -0.173. The van der Waals surface area contributed by atoms with Gasteiger partial charge in [0.15, 0.2) is 0 Å². The van der Waals surface area contributed by atoms with Crippen LogP contribution in [0, 0.1) is 0 Å². The average molecular weight is 318 g/mol. The number of carbonyl (C=O) groups excluding carboxylic acids is 1. The van der Waals surface area contributed by atoms with Crippen molar-refractivity contribution in [1.82, 2.24) is 9.88 Å². The maximum atomic E-state index is 12.7. The lowest BCUT2D eigenvalue weighted by Gasteiger charge is -2.24. The number of nitrogens with one attached hydrogen (secondary N) is 1. The molecule has 1 aliphatic heterocycles. The van der Waals surface area contributed by atoms with Gasteiger partial charge in [0, 0.05) is 24.2 Å². The topological polar surface area (TPSA) is 62.4 Å². The molecule has 0 aliphatic carbocycles. The number of ether oxygens (including phenoxy) is 1. The number of carbonyl (C=O) groups is 1. The molecule has 1 aliphatic rings. The standard InChI is InChI=1S/C16H18N2O3S/c19-15-14(6-1-7-17-15)16(20)18(10-12-4-2-8-21-12)11-13-5-3-9-22-13/h1,3,5-7,9,12H,2,4,8,10-11H2,(H,17,19)/t12-/m1/s1. The zero-order valence-electron chi connectivity index (χ0n) is 12.2. The first-order valence-corrected chi connectivity index (χ1v) is 8.23. The van der Waals surface area contributed by atoms with Crippen LogP contribution in [0.5, 0.6) is 0 Å². The van der Waals surface area contributed by atoms with E-state index in [4.69, 9.17) is 4.74 Å². The molecule has 1 atom stereocenters. The molecule has 1 amide bonds. The summed E-state index contributed by atoms with van der Waals surface area (Å²) in [5, 5.41) is 1.99. The highest BCUT2D eigenvalue weighted by atomic mass is 32.1. The Hall–Kier alpha value is -1.92. The van der Waals surface area contributed by atoms with Crippen LogP contribution in [0.15, 0.2) is 40.6 Å². The predicted octanol–water partition coefficient (Wildman–Crippen LogP) is 2.26. The first-order valence-electron chi connectivity index (χ1n) is 7.35. The largest absolute Gasteiger partial charge is 0.376 e. The van der Waals surface area contributed by atoms with Crippen molar-refractivity contribution in [2.24, 2.45) is 0 Å². The van der Waals surface area contributed by atoms with E-state index in [2.05, 4.69) is 4.98 Å². The van der Waals surface area contributed by atoms with E-state index in [0.29, 0.717) is 13.1 Å². The molecule has 1 N–H and O–H groups in total. The summed E-state index contributed by atoms with van der Waals surface area (Å²) in [6, 6.07) is 7.20. The van der Waals surface area contributed by atoms with Crippen LogP contribution in [0.2, 0.25) is 0 Å². The number of pyridine rings is 1. The van der Waals surface area contributed by atoms with Crippen molar-refractivity contribution in [2.45, 2.75) is 25.5 Å². The quantitative estimate of drug-likeness (QED) is 0.920. The lowest BCUT2D eigenvalue weighted by Crippen LogP contribution is -2.39. The highest BCUT2D eigenvalue weighted by molar-refractivity contribution is 7.09. The second-order valence-corrected chi connectivity index (χ2v) is 6.35. The Morgan fingerprint density at radius 2 is 2.32 bits per heavy atom. The molecule has 0 spiro atoms. The number of amides is 1. The van der Waals surface area contributed by atoms with Gasteiger partial charge in [0.2, 0.25) is 0 Å². The molecule has 1 fully saturated rings. The highest BCUT2D eigenvalue weighted by Gasteiger charge is 2.25. The average Bonchev–Trinajstić information content (AvgIpc) is 3.20. The minimum Gasteiger partial charge on any atom is -0.376 e. The van der Waals surface area contributed by atoms with Crippen molar-refractivity contribution in [1.29, 1.82) is 0 Å². The van der Waals surface area contributed by atoms with Crippen molar-refractivity contribution in [2.75, 3.05) is 13.2 Å². The fraction of sp³-hybridized carbons (Fsp3) is 0.375. The van der Waals surface area contributed by atoms with E-state index in [1.165, 1.54) is 6.20 Å². The van der Waals surface area contributed by atoms with Crippen LogP contribution in [0.25, 0.3) is 0 Å². The smallest absolute Gasteiger partial charge is 0.260 e. The van der Waals surface area contributed by atoms with Crippen LogP contribution in [0.3, 0.4) is 0 Å². The first-order chi connectivity index (χ1) is 10.7. The molecule has 3 rings (SSSR count). The lowest BCUT2D eigenvalue weighted by molar-refractivity contribution is 0.0508. The monoisotopic (exact) mass is 318 g/mol. The molecule has 5 nitrogen and oxygen atoms in total. The molecule has 0 saturated carbocycles. The second-order valence-electron chi connectivity index (χ2n) is 5.31. The van der Waals surface area contributed by atoms with Gasteiger partial charge < -0.3 is 14.6 Å². The molecule has 0 radical (unpaired) electrons. The van der Waals surface area contributed by atoms with Crippen molar-refractivity contribution >= 4 is 17.2 Å². The number of hydrogen-bond donors (Lipinski definition) is 1. The van der Waals surface area contributed by atoms with Gasteiger partial charge in [-0.05, 0) is 36.4 Å². The molecule has 0 aromatic carbocycles. The Morgan fingerprint density at radius 1 is 1.41 bits per heavy atom. The van der Waals surface area contributed by atoms with E-state index in [0.717, 1.165) is 24.3 Å². The summed E-state index contributed by atoms with van der Waals surface area (Å²) in [4.78, 5) is 30.0. The summed E-state index contributed by atoms with van der Waals surface area (Å²) in [6.07, 6.45) is 3.58. The van der Waals surface area contributed by atoms with E-state index >= 15 is 0 Å². The third kappa shape index (κ3) is 3.45. The van der Waals surface area contributed by atoms with Crippen LogP contribution in [0.1, 0.15) is 28.1 Å². The van der Waals surface area contributed by atoms with E-state index < -0.39 is 0 Å². The van der Waals surface area contributed by atoms with Crippen molar-refractivity contribution in [3.8, 4) is 0 Å². The van der Waals surface area contributed by atoms with Gasteiger partial charge in [-0.25, -0.2) is 0 Å². The van der Waals surface area contributed by atoms with Gasteiger partial charge in [-0.15, -0.1) is 11.3 Å². The Labute approximate surface area is 132 Å². The molecule has 116 valence electrons. The van der Waals surface area contributed by atoms with E-state index in [9.17, 15) is 9.59 Å². The van der Waals surface area contributed by atoms with Gasteiger partial charge in [0.05, 0.1) is 12.6 Å². The molecule has 1 saturated heterocycles. The molecule has 22 heavy (non-hydrogen) atoms. The third-order valence-corrected chi connectivity index (χ3v) is 4.57. The summed E-state index contributed by atoms with van der Waals surface area (Å²) in [5.74, 6) is -0.245. The third-order valence-electron chi connectivity index (χ3n) is 3.71. The van der Waals surface area contributed by atoms with Gasteiger partial charge in [0.25, 0.3) is 11.5 Å². The van der Waals surface area contributed by atoms with Gasteiger partial charge in [0.1, 0.15) is 5.56 Å². The predicted molar refractivity (Wildman–Crippen MR) is 85.1 cm³/mol. The van der Waals surface area contributed by atoms with E-state index in [1.54, 1.807) is 28.4 Å². The molecule has 3 heterocycles. The van der Waals surface area contributed by atoms with Crippen LogP contribution in [-0.4, -0.2) is 35.0 Å². The van der Waals surface area contributed by atoms with Crippen LogP contribution >= 0.6 is 11.3 Å². The first kappa shape index (κ1) is 15.0. The van der Waals surface area contributed by atoms with E-state index in [1.807, 2.05) is 17.5 Å². The van der Waals surface area contributed by atoms with Gasteiger partial charge in [-0.1, -0.05) is 6.07 Å². The second kappa shape index (κ2) is 6.89. The van der Waals surface area contributed by atoms with Gasteiger partial charge >= 0.3 is 0 Å². The van der Waals surface area contributed by atoms with Crippen molar-refractivity contribution < 1.29 is 9.53 Å². The molecule has 0 unspecified atom stereocenters. The van der Waals surface area contributed by atoms with Crippen LogP contribution in [0.4, 0.5) is 0 Å². The molecule has 6 heteroatoms. The van der Waals surface area contributed by atoms with E-state index in [-0.39, 0.29) is 23.1 Å². The number of thiophene rings is 1. The zero-order chi connectivity index (χ0) is 15.4. The van der Waals surface area contributed by atoms with Crippen LogP contribution in [-0.2, 0) is 11.3 Å². The maximum Gasteiger partial charge on any atom is 0.260 e. The van der Waals surface area contributed by atoms with Gasteiger partial charge in [-0.3, -0.25) is 9.59 Å². The fourth-order valence-electron chi connectivity index (χ4n) is 2.60. The number of nitrogens with zero attached hydrogens (tertiary/aromatic N) is 1. The fourth-order valence-corrected chi connectivity index (χ4v) is 3.32. The number of aromatic nitrogens is 1. The number of H-pyrrole nitrogens is 1. The van der Waals surface area contributed by atoms with Crippen molar-refractivity contribution in [3.05, 3.63) is 56.6 Å². The Kier molecular flexibility index (Phi) is 4.70. The minimum absolute atomic E-state index is 0.0618. The maximum absolute atomic E-state index is 12.7. The molecule has 2 aromatic rings. The normalized spacial score (nSPS) is 17.5. The minimum atomic E-state index is -0.351. The molecule has 0 bridgehead atoms. The summed E-state index contributed by atoms with van der Waals surface area (Å²) in [6.45, 7) is 1.77. The molecular formula is C16H18N2O3S. The zero-order valence-corrected chi connectivity index (χ0v) is 13.0. The Balaban J connectivity index is 1.81. The highest BCUT2D eigenvalue weighted by Crippen LogP contribution is 2.18. The SMILES string of the molecule is O=C(c1ccc[nH]c1=O)N(Cc1cccs1)C[C@H]1CCCO1. The summed E-state index contributed by atoms with van der Waals surface area (Å²) in [7, 11) is 0. The number of aromatic amines is 1. The summed E-state index contributed by atoms with van der Waals surface area (Å²) >= 11 is 1.61. The van der Waals surface area contributed by atoms with Crippen LogP contribution < -0.4 is 5.56 Å². The van der Waals surface area contributed by atoms with Crippen molar-refractivity contribution in [3.63, 3.8) is 0 Å². The summed E-state index contributed by atoms with van der Waals surface area (Å²) < 4.78 is 5.64. The molecular weight excluding hydrogens is 300 g/mol.